The van der Waals surface area contributed by atoms with E-state index in [0.717, 1.165) is 24.8 Å². The van der Waals surface area contributed by atoms with E-state index in [9.17, 15) is 4.39 Å². The zero-order valence-electron chi connectivity index (χ0n) is 9.90. The first kappa shape index (κ1) is 11.0. The molecule has 1 aromatic heterocycles. The van der Waals surface area contributed by atoms with E-state index in [1.807, 2.05) is 0 Å². The van der Waals surface area contributed by atoms with E-state index in [2.05, 4.69) is 15.2 Å². The van der Waals surface area contributed by atoms with Crippen molar-refractivity contribution in [1.29, 1.82) is 0 Å². The summed E-state index contributed by atoms with van der Waals surface area (Å²) in [5.74, 6) is -0.250. The highest BCUT2D eigenvalue weighted by Crippen LogP contribution is 2.24. The minimum Gasteiger partial charge on any atom is -0.369 e. The molecule has 1 atom stereocenters. The average Bonchev–Trinajstić information content (AvgIpc) is 3.13. The van der Waals surface area contributed by atoms with Gasteiger partial charge in [-0.1, -0.05) is 0 Å². The number of aromatic nitrogens is 1. The van der Waals surface area contributed by atoms with Gasteiger partial charge in [0.25, 0.3) is 0 Å². The minimum atomic E-state index is -0.250. The molecule has 1 aliphatic carbocycles. The molecule has 17 heavy (non-hydrogen) atoms. The van der Waals surface area contributed by atoms with E-state index < -0.39 is 0 Å². The highest BCUT2D eigenvalue weighted by atomic mass is 19.1. The lowest BCUT2D eigenvalue weighted by Crippen LogP contribution is -2.46. The van der Waals surface area contributed by atoms with Gasteiger partial charge in [-0.3, -0.25) is 4.98 Å². The highest BCUT2D eigenvalue weighted by molar-refractivity contribution is 5.44. The minimum absolute atomic E-state index is 0.250. The van der Waals surface area contributed by atoms with E-state index in [-0.39, 0.29) is 5.82 Å². The summed E-state index contributed by atoms with van der Waals surface area (Å²) in [6, 6.07) is 2.87. The molecule has 92 valence electrons. The maximum atomic E-state index is 13.1. The molecule has 0 aromatic carbocycles. The molecule has 1 aliphatic heterocycles. The first-order chi connectivity index (χ1) is 8.31. The van der Waals surface area contributed by atoms with Crippen LogP contribution in [0, 0.1) is 5.82 Å². The molecule has 0 radical (unpaired) electrons. The first-order valence-corrected chi connectivity index (χ1v) is 6.43. The summed E-state index contributed by atoms with van der Waals surface area (Å²) in [7, 11) is 0. The predicted molar refractivity (Wildman–Crippen MR) is 65.6 cm³/mol. The second kappa shape index (κ2) is 4.61. The third-order valence-electron chi connectivity index (χ3n) is 3.53. The predicted octanol–water partition coefficient (Wildman–Crippen LogP) is 1.94. The Balaban J connectivity index is 1.65. The second-order valence-electron chi connectivity index (χ2n) is 5.09. The molecular formula is C13H18FN3. The Hall–Kier alpha value is -1.16. The summed E-state index contributed by atoms with van der Waals surface area (Å²) in [4.78, 5) is 6.16. The quantitative estimate of drug-likeness (QED) is 0.868. The molecule has 1 saturated carbocycles. The van der Waals surface area contributed by atoms with Gasteiger partial charge in [-0.2, -0.15) is 0 Å². The van der Waals surface area contributed by atoms with Crippen LogP contribution in [-0.4, -0.2) is 30.2 Å². The van der Waals surface area contributed by atoms with Crippen molar-refractivity contribution >= 4 is 5.69 Å². The number of hydrogen-bond acceptors (Lipinski definition) is 3. The van der Waals surface area contributed by atoms with Crippen LogP contribution < -0.4 is 10.2 Å². The summed E-state index contributed by atoms with van der Waals surface area (Å²) in [5.41, 5.74) is 0.910. The summed E-state index contributed by atoms with van der Waals surface area (Å²) < 4.78 is 13.1. The Labute approximate surface area is 101 Å². The standard InChI is InChI=1S/C13H18FN3/c14-10-6-13(8-15-7-10)17-5-1-2-12(9-17)16-11-3-4-11/h6-8,11-12,16H,1-5,9H2. The highest BCUT2D eigenvalue weighted by Gasteiger charge is 2.27. The third-order valence-corrected chi connectivity index (χ3v) is 3.53. The number of pyridine rings is 1. The van der Waals surface area contributed by atoms with Crippen LogP contribution in [0.25, 0.3) is 0 Å². The number of nitrogens with one attached hydrogen (secondary N) is 1. The van der Waals surface area contributed by atoms with Crippen LogP contribution in [0.5, 0.6) is 0 Å². The van der Waals surface area contributed by atoms with Crippen molar-refractivity contribution in [1.82, 2.24) is 10.3 Å². The van der Waals surface area contributed by atoms with Crippen LogP contribution in [0.4, 0.5) is 10.1 Å². The molecule has 1 aromatic rings. The number of hydrogen-bond donors (Lipinski definition) is 1. The zero-order valence-corrected chi connectivity index (χ0v) is 9.90. The van der Waals surface area contributed by atoms with Crippen molar-refractivity contribution < 1.29 is 4.39 Å². The van der Waals surface area contributed by atoms with Gasteiger partial charge in [0.1, 0.15) is 5.82 Å². The molecule has 4 heteroatoms. The fourth-order valence-corrected chi connectivity index (χ4v) is 2.50. The van der Waals surface area contributed by atoms with Crippen molar-refractivity contribution in [2.45, 2.75) is 37.8 Å². The van der Waals surface area contributed by atoms with Gasteiger partial charge in [0, 0.05) is 31.2 Å². The van der Waals surface area contributed by atoms with Crippen molar-refractivity contribution in [2.24, 2.45) is 0 Å². The summed E-state index contributed by atoms with van der Waals surface area (Å²) >= 11 is 0. The monoisotopic (exact) mass is 235 g/mol. The lowest BCUT2D eigenvalue weighted by Gasteiger charge is -2.34. The summed E-state index contributed by atoms with van der Waals surface area (Å²) in [6.07, 6.45) is 8.04. The Morgan fingerprint density at radius 2 is 2.12 bits per heavy atom. The van der Waals surface area contributed by atoms with Gasteiger partial charge in [0.05, 0.1) is 18.1 Å². The maximum Gasteiger partial charge on any atom is 0.143 e. The van der Waals surface area contributed by atoms with E-state index in [4.69, 9.17) is 0 Å². The van der Waals surface area contributed by atoms with Crippen LogP contribution in [0.2, 0.25) is 0 Å². The summed E-state index contributed by atoms with van der Waals surface area (Å²) in [6.45, 7) is 1.98. The van der Waals surface area contributed by atoms with E-state index in [1.54, 1.807) is 12.3 Å². The fourth-order valence-electron chi connectivity index (χ4n) is 2.50. The molecule has 0 amide bonds. The Morgan fingerprint density at radius 3 is 2.88 bits per heavy atom. The lowest BCUT2D eigenvalue weighted by atomic mass is 10.1. The van der Waals surface area contributed by atoms with Gasteiger partial charge >= 0.3 is 0 Å². The Morgan fingerprint density at radius 1 is 1.24 bits per heavy atom. The molecule has 2 fully saturated rings. The van der Waals surface area contributed by atoms with Crippen LogP contribution in [0.3, 0.4) is 0 Å². The molecule has 2 heterocycles. The normalized spacial score (nSPS) is 25.0. The Kier molecular flexibility index (Phi) is 2.97. The van der Waals surface area contributed by atoms with Crippen LogP contribution >= 0.6 is 0 Å². The second-order valence-corrected chi connectivity index (χ2v) is 5.09. The molecule has 3 nitrogen and oxygen atoms in total. The van der Waals surface area contributed by atoms with Crippen LogP contribution in [0.15, 0.2) is 18.5 Å². The number of piperidine rings is 1. The molecule has 1 saturated heterocycles. The van der Waals surface area contributed by atoms with E-state index >= 15 is 0 Å². The number of halogens is 1. The van der Waals surface area contributed by atoms with Gasteiger partial charge in [-0.25, -0.2) is 4.39 Å². The van der Waals surface area contributed by atoms with Crippen molar-refractivity contribution in [3.05, 3.63) is 24.3 Å². The smallest absolute Gasteiger partial charge is 0.143 e. The third kappa shape index (κ3) is 2.75. The summed E-state index contributed by atoms with van der Waals surface area (Å²) in [5, 5.41) is 3.65. The molecule has 1 N–H and O–H groups in total. The molecule has 0 spiro atoms. The Bertz CT molecular complexity index is 392. The largest absolute Gasteiger partial charge is 0.369 e. The SMILES string of the molecule is Fc1cncc(N2CCCC(NC3CC3)C2)c1. The number of rotatable bonds is 3. The van der Waals surface area contributed by atoms with Gasteiger partial charge in [-0.15, -0.1) is 0 Å². The molecule has 0 bridgehead atoms. The topological polar surface area (TPSA) is 28.2 Å². The van der Waals surface area contributed by atoms with Crippen LogP contribution in [-0.2, 0) is 0 Å². The fraction of sp³-hybridized carbons (Fsp3) is 0.615. The molecular weight excluding hydrogens is 217 g/mol. The van der Waals surface area contributed by atoms with E-state index in [1.165, 1.54) is 31.9 Å². The molecule has 1 unspecified atom stereocenters. The average molecular weight is 235 g/mol. The van der Waals surface area contributed by atoms with Gasteiger partial charge in [0.2, 0.25) is 0 Å². The maximum absolute atomic E-state index is 13.1. The molecule has 3 rings (SSSR count). The van der Waals surface area contributed by atoms with Crippen molar-refractivity contribution in [2.75, 3.05) is 18.0 Å². The van der Waals surface area contributed by atoms with Crippen molar-refractivity contribution in [3.63, 3.8) is 0 Å². The zero-order chi connectivity index (χ0) is 11.7. The number of anilines is 1. The van der Waals surface area contributed by atoms with E-state index in [0.29, 0.717) is 6.04 Å². The van der Waals surface area contributed by atoms with Gasteiger partial charge < -0.3 is 10.2 Å². The van der Waals surface area contributed by atoms with Gasteiger partial charge in [-0.05, 0) is 25.7 Å². The first-order valence-electron chi connectivity index (χ1n) is 6.43. The lowest BCUT2D eigenvalue weighted by molar-refractivity contribution is 0.420. The number of nitrogens with zero attached hydrogens (tertiary/aromatic N) is 2. The van der Waals surface area contributed by atoms with Gasteiger partial charge in [0.15, 0.2) is 0 Å². The molecule has 2 aliphatic rings. The van der Waals surface area contributed by atoms with Crippen LogP contribution in [0.1, 0.15) is 25.7 Å². The van der Waals surface area contributed by atoms with Crippen molar-refractivity contribution in [3.8, 4) is 0 Å².